The molecule has 1 aliphatic carbocycles. The first-order valence-electron chi connectivity index (χ1n) is 20.8. The van der Waals surface area contributed by atoms with Crippen molar-refractivity contribution >= 4 is 29.5 Å². The van der Waals surface area contributed by atoms with E-state index in [9.17, 15) is 4.89 Å². The van der Waals surface area contributed by atoms with Gasteiger partial charge in [0.25, 0.3) is 0 Å². The summed E-state index contributed by atoms with van der Waals surface area (Å²) >= 11 is 0. The average Bonchev–Trinajstić information content (AvgIpc) is 3.00. The fraction of sp³-hybridized carbons (Fsp3) is 0.600. The summed E-state index contributed by atoms with van der Waals surface area (Å²) in [5.74, 6) is 1.51. The maximum atomic E-state index is 13.3. The maximum absolute atomic E-state index is 13.3. The van der Waals surface area contributed by atoms with Gasteiger partial charge in [-0.3, -0.25) is 0 Å². The standard InChI is InChI=1S/C50H75O3P/c1-45(2,3)34-24-32-26-41(49(13,14)15)43(30-37(32)39(28-34)47(7,8)9)52-54(51,36-22-20-19-21-23-36)53-44-31-38-33(27-42(44)50(16,17)18)25-35(46(4,5)6)29-40(38)48(10,11)12/h24-31,36,51,54H,19-23H2,1-18H3. The number of hydrogen-bond acceptors (Lipinski definition) is 3. The molecule has 1 fully saturated rings. The molecule has 0 aromatic heterocycles. The Hall–Kier alpha value is -2.61. The summed E-state index contributed by atoms with van der Waals surface area (Å²) in [4.78, 5) is 13.3. The van der Waals surface area contributed by atoms with Gasteiger partial charge in [-0.15, -0.1) is 0 Å². The summed E-state index contributed by atoms with van der Waals surface area (Å²) in [6, 6.07) is 18.7. The van der Waals surface area contributed by atoms with Gasteiger partial charge < -0.3 is 0 Å². The summed E-state index contributed by atoms with van der Waals surface area (Å²) in [6.45, 7) is 41.1. The minimum atomic E-state index is -3.93. The Kier molecular flexibility index (Phi) is 11.1. The van der Waals surface area contributed by atoms with E-state index in [4.69, 9.17) is 9.05 Å². The Morgan fingerprint density at radius 3 is 1.06 bits per heavy atom. The predicted molar refractivity (Wildman–Crippen MR) is 239 cm³/mol. The van der Waals surface area contributed by atoms with Gasteiger partial charge in [0.2, 0.25) is 0 Å². The van der Waals surface area contributed by atoms with E-state index in [1.807, 2.05) is 0 Å². The molecule has 3 nitrogen and oxygen atoms in total. The van der Waals surface area contributed by atoms with Gasteiger partial charge in [-0.25, -0.2) is 0 Å². The molecule has 4 aromatic rings. The molecule has 0 bridgehead atoms. The number of benzene rings is 4. The van der Waals surface area contributed by atoms with Gasteiger partial charge in [-0.05, 0) is 0 Å². The third kappa shape index (κ3) is 8.99. The average molecular weight is 755 g/mol. The molecule has 54 heavy (non-hydrogen) atoms. The normalized spacial score (nSPS) is 16.3. The summed E-state index contributed by atoms with van der Waals surface area (Å²) in [6.07, 6.45) is 5.15. The molecule has 0 aliphatic heterocycles. The van der Waals surface area contributed by atoms with Crippen molar-refractivity contribution in [3.8, 4) is 11.5 Å². The molecule has 0 spiro atoms. The van der Waals surface area contributed by atoms with Crippen molar-refractivity contribution in [2.75, 3.05) is 0 Å². The van der Waals surface area contributed by atoms with E-state index in [2.05, 4.69) is 173 Å². The van der Waals surface area contributed by atoms with Crippen LogP contribution in [0.3, 0.4) is 0 Å². The molecule has 0 heterocycles. The van der Waals surface area contributed by atoms with Crippen LogP contribution in [0.25, 0.3) is 21.5 Å². The van der Waals surface area contributed by atoms with E-state index in [0.717, 1.165) is 48.3 Å². The van der Waals surface area contributed by atoms with Gasteiger partial charge in [-0.1, -0.05) is 0 Å². The summed E-state index contributed by atoms with van der Waals surface area (Å²) in [5, 5.41) is 4.82. The van der Waals surface area contributed by atoms with Crippen LogP contribution >= 0.6 is 7.94 Å². The van der Waals surface area contributed by atoms with Crippen LogP contribution in [-0.2, 0) is 32.5 Å². The van der Waals surface area contributed by atoms with E-state index in [1.54, 1.807) is 0 Å². The van der Waals surface area contributed by atoms with E-state index in [0.29, 0.717) is 0 Å². The fourth-order valence-corrected chi connectivity index (χ4v) is 10.7. The summed E-state index contributed by atoms with van der Waals surface area (Å²) < 4.78 is 14.6. The van der Waals surface area contributed by atoms with E-state index in [1.165, 1.54) is 50.2 Å². The Morgan fingerprint density at radius 1 is 0.426 bits per heavy atom. The summed E-state index contributed by atoms with van der Waals surface area (Å²) in [7, 11) is -3.93. The van der Waals surface area contributed by atoms with Crippen LogP contribution in [0.15, 0.2) is 48.5 Å². The molecule has 0 amide bonds. The molecular weight excluding hydrogens is 680 g/mol. The molecule has 5 rings (SSSR count). The molecule has 4 heteroatoms. The second-order valence-corrected chi connectivity index (χ2v) is 25.3. The first kappa shape index (κ1) is 42.5. The molecule has 0 unspecified atom stereocenters. The van der Waals surface area contributed by atoms with Crippen LogP contribution in [0, 0.1) is 0 Å². The van der Waals surface area contributed by atoms with Crippen molar-refractivity contribution < 1.29 is 13.9 Å². The van der Waals surface area contributed by atoms with Gasteiger partial charge >= 0.3 is 332 Å². The van der Waals surface area contributed by atoms with Crippen LogP contribution in [0.5, 0.6) is 11.5 Å². The van der Waals surface area contributed by atoms with Gasteiger partial charge in [0.1, 0.15) is 0 Å². The van der Waals surface area contributed by atoms with Gasteiger partial charge in [0, 0.05) is 0 Å². The second-order valence-electron chi connectivity index (χ2n) is 22.9. The van der Waals surface area contributed by atoms with E-state index >= 15 is 0 Å². The van der Waals surface area contributed by atoms with Crippen molar-refractivity contribution in [3.63, 3.8) is 0 Å². The van der Waals surface area contributed by atoms with Crippen LogP contribution in [0.1, 0.15) is 190 Å². The van der Waals surface area contributed by atoms with Gasteiger partial charge in [-0.2, -0.15) is 0 Å². The summed E-state index contributed by atoms with van der Waals surface area (Å²) in [5.41, 5.74) is 6.83. The molecule has 1 aliphatic rings. The fourth-order valence-electron chi connectivity index (χ4n) is 8.20. The molecule has 1 N–H and O–H groups in total. The molecule has 0 saturated heterocycles. The van der Waals surface area contributed by atoms with E-state index < -0.39 is 7.94 Å². The predicted octanol–water partition coefficient (Wildman–Crippen LogP) is 15.1. The number of fused-ring (bicyclic) bond motifs is 2. The topological polar surface area (TPSA) is 38.7 Å². The molecule has 1 saturated carbocycles. The van der Waals surface area contributed by atoms with E-state index in [-0.39, 0.29) is 38.1 Å². The van der Waals surface area contributed by atoms with Crippen molar-refractivity contribution in [1.29, 1.82) is 0 Å². The van der Waals surface area contributed by atoms with Crippen molar-refractivity contribution in [2.45, 2.75) is 195 Å². The number of rotatable bonds is 5. The zero-order valence-electron chi connectivity index (χ0n) is 37.5. The molecule has 298 valence electrons. The quantitative estimate of drug-likeness (QED) is 0.206. The molecule has 4 aromatic carbocycles. The zero-order chi connectivity index (χ0) is 40.6. The zero-order valence-corrected chi connectivity index (χ0v) is 38.5. The third-order valence-corrected chi connectivity index (χ3v) is 14.3. The molecule has 0 atom stereocenters. The van der Waals surface area contributed by atoms with Crippen molar-refractivity contribution in [2.24, 2.45) is 0 Å². The third-order valence-electron chi connectivity index (χ3n) is 11.7. The van der Waals surface area contributed by atoms with Crippen LogP contribution in [0.2, 0.25) is 0 Å². The number of hydrogen-bond donors (Lipinski definition) is 1. The monoisotopic (exact) mass is 755 g/mol. The van der Waals surface area contributed by atoms with Crippen LogP contribution in [0.4, 0.5) is 0 Å². The van der Waals surface area contributed by atoms with Gasteiger partial charge in [0.05, 0.1) is 0 Å². The Balaban J connectivity index is 1.79. The second kappa shape index (κ2) is 14.1. The Morgan fingerprint density at radius 2 is 0.759 bits per heavy atom. The van der Waals surface area contributed by atoms with Crippen molar-refractivity contribution in [1.82, 2.24) is 0 Å². The minimum absolute atomic E-state index is 0.0129. The Bertz CT molecular complexity index is 1870. The van der Waals surface area contributed by atoms with Crippen molar-refractivity contribution in [3.05, 3.63) is 81.9 Å². The van der Waals surface area contributed by atoms with Crippen LogP contribution < -0.4 is 9.05 Å². The first-order chi connectivity index (χ1) is 24.4. The van der Waals surface area contributed by atoms with Crippen LogP contribution in [-0.4, -0.2) is 10.6 Å². The Labute approximate surface area is 330 Å². The first-order valence-corrected chi connectivity index (χ1v) is 22.6. The molecule has 0 radical (unpaired) electrons. The molecular formula is C50H75O3P. The SMILES string of the molecule is CC(C)(C)c1cc(C(C)(C)C)c2cc(O[PH](O)(Oc3cc4c(C(C)(C)C)cc(C(C)(C)C)cc4cc3C(C)(C)C)C3CCCCC3)c(C(C)(C)C)cc2c1. The van der Waals surface area contributed by atoms with Gasteiger partial charge in [0.15, 0.2) is 0 Å².